The van der Waals surface area contributed by atoms with Gasteiger partial charge in [0.25, 0.3) is 5.69 Å². The average molecular weight is 248 g/mol. The van der Waals surface area contributed by atoms with Gasteiger partial charge in [-0.05, 0) is 6.07 Å². The van der Waals surface area contributed by atoms with E-state index in [0.29, 0.717) is 5.65 Å². The molecule has 2 aromatic rings. The molecular formula is C10H8N4O4. The highest BCUT2D eigenvalue weighted by atomic mass is 16.6. The Hall–Kier alpha value is -2.50. The Bertz CT molecular complexity index is 645. The fourth-order valence-corrected chi connectivity index (χ4v) is 1.57. The summed E-state index contributed by atoms with van der Waals surface area (Å²) >= 11 is 0. The van der Waals surface area contributed by atoms with E-state index in [4.69, 9.17) is 5.26 Å². The summed E-state index contributed by atoms with van der Waals surface area (Å²) in [6, 6.07) is 2.80. The van der Waals surface area contributed by atoms with Crippen molar-refractivity contribution in [2.24, 2.45) is 0 Å². The van der Waals surface area contributed by atoms with Gasteiger partial charge in [0, 0.05) is 11.8 Å². The summed E-state index contributed by atoms with van der Waals surface area (Å²) in [6.07, 6.45) is -0.633. The topological polar surface area (TPSA) is 136 Å². The van der Waals surface area contributed by atoms with Crippen molar-refractivity contribution in [1.29, 1.82) is 5.26 Å². The molecule has 92 valence electrons. The maximum atomic E-state index is 10.7. The van der Waals surface area contributed by atoms with Gasteiger partial charge in [-0.2, -0.15) is 5.26 Å². The van der Waals surface area contributed by atoms with Gasteiger partial charge < -0.3 is 15.2 Å². The van der Waals surface area contributed by atoms with Gasteiger partial charge in [-0.1, -0.05) is 0 Å². The largest absolute Gasteiger partial charge is 0.384 e. The molecule has 2 atom stereocenters. The van der Waals surface area contributed by atoms with Crippen LogP contribution in [0.15, 0.2) is 18.5 Å². The molecule has 8 nitrogen and oxygen atoms in total. The number of aromatic nitrogens is 2. The second-order valence-electron chi connectivity index (χ2n) is 3.61. The summed E-state index contributed by atoms with van der Waals surface area (Å²) in [5.74, 6) is 0. The van der Waals surface area contributed by atoms with Gasteiger partial charge in [-0.15, -0.1) is 0 Å². The second kappa shape index (κ2) is 4.40. The van der Waals surface area contributed by atoms with E-state index in [1.165, 1.54) is 24.5 Å². The van der Waals surface area contributed by atoms with Crippen LogP contribution in [0.2, 0.25) is 0 Å². The third kappa shape index (κ3) is 1.88. The zero-order valence-corrected chi connectivity index (χ0v) is 8.94. The molecule has 0 saturated heterocycles. The highest BCUT2D eigenvalue weighted by molar-refractivity contribution is 5.86. The van der Waals surface area contributed by atoms with Gasteiger partial charge in [0.05, 0.1) is 22.6 Å². The minimum Gasteiger partial charge on any atom is -0.384 e. The first-order valence-electron chi connectivity index (χ1n) is 4.91. The van der Waals surface area contributed by atoms with Gasteiger partial charge in [0.15, 0.2) is 6.10 Å². The van der Waals surface area contributed by atoms with Crippen molar-refractivity contribution < 1.29 is 15.1 Å². The van der Waals surface area contributed by atoms with E-state index in [-0.39, 0.29) is 16.6 Å². The molecule has 0 aliphatic heterocycles. The number of H-pyrrole nitrogens is 1. The quantitative estimate of drug-likeness (QED) is 0.408. The smallest absolute Gasteiger partial charge is 0.296 e. The number of hydrogen-bond donors (Lipinski definition) is 3. The van der Waals surface area contributed by atoms with Gasteiger partial charge in [-0.25, -0.2) is 4.98 Å². The van der Waals surface area contributed by atoms with Crippen LogP contribution in [0.5, 0.6) is 0 Å². The Morgan fingerprint density at radius 2 is 2.28 bits per heavy atom. The summed E-state index contributed by atoms with van der Waals surface area (Å²) in [4.78, 5) is 16.7. The van der Waals surface area contributed by atoms with E-state index in [1.807, 2.05) is 0 Å². The van der Waals surface area contributed by atoms with Gasteiger partial charge in [0.2, 0.25) is 0 Å². The zero-order valence-electron chi connectivity index (χ0n) is 8.94. The number of pyridine rings is 1. The first-order chi connectivity index (χ1) is 8.54. The van der Waals surface area contributed by atoms with Gasteiger partial charge in [-0.3, -0.25) is 10.1 Å². The number of nitriles is 1. The number of nitro groups is 1. The van der Waals surface area contributed by atoms with Crippen LogP contribution in [0.4, 0.5) is 5.69 Å². The first kappa shape index (κ1) is 12.0. The molecule has 8 heteroatoms. The lowest BCUT2D eigenvalue weighted by atomic mass is 10.1. The molecule has 2 rings (SSSR count). The molecule has 0 aromatic carbocycles. The fourth-order valence-electron chi connectivity index (χ4n) is 1.57. The lowest BCUT2D eigenvalue weighted by Crippen LogP contribution is -2.15. The molecule has 0 amide bonds. The van der Waals surface area contributed by atoms with E-state index in [9.17, 15) is 20.3 Å². The van der Waals surface area contributed by atoms with Crippen LogP contribution in [0, 0.1) is 21.4 Å². The third-order valence-electron chi connectivity index (χ3n) is 2.50. The number of nitrogens with zero attached hydrogens (tertiary/aromatic N) is 3. The molecule has 0 aliphatic rings. The van der Waals surface area contributed by atoms with Gasteiger partial charge >= 0.3 is 0 Å². The normalized spacial score (nSPS) is 14.1. The van der Waals surface area contributed by atoms with E-state index in [2.05, 4.69) is 9.97 Å². The van der Waals surface area contributed by atoms with Crippen LogP contribution in [-0.4, -0.2) is 31.2 Å². The highest BCUT2D eigenvalue weighted by Crippen LogP contribution is 2.27. The minimum absolute atomic E-state index is 0.138. The van der Waals surface area contributed by atoms with Crippen LogP contribution in [0.25, 0.3) is 11.0 Å². The number of rotatable bonds is 3. The van der Waals surface area contributed by atoms with Crippen molar-refractivity contribution in [3.8, 4) is 6.07 Å². The number of fused-ring (bicyclic) bond motifs is 1. The van der Waals surface area contributed by atoms with Crippen LogP contribution in [0.1, 0.15) is 11.7 Å². The molecule has 0 bridgehead atoms. The first-order valence-corrected chi connectivity index (χ1v) is 4.91. The highest BCUT2D eigenvalue weighted by Gasteiger charge is 2.21. The summed E-state index contributed by atoms with van der Waals surface area (Å²) in [5, 5.41) is 38.3. The predicted molar refractivity (Wildman–Crippen MR) is 59.3 cm³/mol. The molecule has 18 heavy (non-hydrogen) atoms. The fraction of sp³-hybridized carbons (Fsp3) is 0.200. The van der Waals surface area contributed by atoms with E-state index in [0.717, 1.165) is 0 Å². The summed E-state index contributed by atoms with van der Waals surface area (Å²) < 4.78 is 0. The van der Waals surface area contributed by atoms with Crippen LogP contribution >= 0.6 is 0 Å². The van der Waals surface area contributed by atoms with Gasteiger partial charge in [0.1, 0.15) is 11.8 Å². The number of aliphatic hydroxyl groups is 2. The minimum atomic E-state index is -1.61. The average Bonchev–Trinajstić information content (AvgIpc) is 2.79. The SMILES string of the molecule is N#CC(O)C(O)c1cnc2[nH]cc([N+](=O)[O-])c2c1. The zero-order chi connectivity index (χ0) is 13.3. The Morgan fingerprint density at radius 1 is 1.56 bits per heavy atom. The molecule has 0 saturated carbocycles. The monoisotopic (exact) mass is 248 g/mol. The molecule has 2 unspecified atom stereocenters. The Labute approximate surface area is 100 Å². The molecular weight excluding hydrogens is 240 g/mol. The van der Waals surface area contributed by atoms with Crippen LogP contribution < -0.4 is 0 Å². The van der Waals surface area contributed by atoms with Crippen LogP contribution in [-0.2, 0) is 0 Å². The number of nitrogens with one attached hydrogen (secondary N) is 1. The van der Waals surface area contributed by atoms with Crippen molar-refractivity contribution in [3.05, 3.63) is 34.1 Å². The van der Waals surface area contributed by atoms with Crippen LogP contribution in [0.3, 0.4) is 0 Å². The van der Waals surface area contributed by atoms with Crippen molar-refractivity contribution in [3.63, 3.8) is 0 Å². The predicted octanol–water partition coefficient (Wildman–Crippen LogP) is 0.389. The maximum absolute atomic E-state index is 10.7. The summed E-state index contributed by atoms with van der Waals surface area (Å²) in [6.45, 7) is 0. The molecule has 0 spiro atoms. The van der Waals surface area contributed by atoms with Crippen molar-refractivity contribution in [2.75, 3.05) is 0 Å². The number of aliphatic hydroxyl groups excluding tert-OH is 2. The van der Waals surface area contributed by atoms with E-state index < -0.39 is 17.1 Å². The Morgan fingerprint density at radius 3 is 2.89 bits per heavy atom. The number of aromatic amines is 1. The summed E-state index contributed by atoms with van der Waals surface area (Å²) in [7, 11) is 0. The van der Waals surface area contributed by atoms with E-state index in [1.54, 1.807) is 0 Å². The third-order valence-corrected chi connectivity index (χ3v) is 2.50. The molecule has 0 aliphatic carbocycles. The lowest BCUT2D eigenvalue weighted by molar-refractivity contribution is -0.383. The molecule has 2 aromatic heterocycles. The summed E-state index contributed by atoms with van der Waals surface area (Å²) in [5.41, 5.74) is 0.251. The second-order valence-corrected chi connectivity index (χ2v) is 3.61. The molecule has 0 radical (unpaired) electrons. The van der Waals surface area contributed by atoms with E-state index >= 15 is 0 Å². The maximum Gasteiger partial charge on any atom is 0.296 e. The molecule has 2 heterocycles. The standard InChI is InChI=1S/C10H8N4O4/c11-2-8(15)9(16)5-1-6-7(14(17)18)4-13-10(6)12-3-5/h1,3-4,8-9,15-16H,(H,12,13). The molecule has 0 fully saturated rings. The Kier molecular flexibility index (Phi) is 2.93. The number of hydrogen-bond acceptors (Lipinski definition) is 6. The van der Waals surface area contributed by atoms with Crippen molar-refractivity contribution >= 4 is 16.7 Å². The van der Waals surface area contributed by atoms with Crippen molar-refractivity contribution in [2.45, 2.75) is 12.2 Å². The molecule has 3 N–H and O–H groups in total. The lowest BCUT2D eigenvalue weighted by Gasteiger charge is -2.10. The van der Waals surface area contributed by atoms with Crippen molar-refractivity contribution in [1.82, 2.24) is 9.97 Å². The Balaban J connectivity index is 2.52.